The molecule has 0 aliphatic carbocycles. The highest BCUT2D eigenvalue weighted by molar-refractivity contribution is 9.10. The Hall–Kier alpha value is -1.63. The monoisotopic (exact) mass is 346 g/mol. The molecule has 7 heteroatoms. The van der Waals surface area contributed by atoms with Crippen molar-refractivity contribution in [3.8, 4) is 0 Å². The summed E-state index contributed by atoms with van der Waals surface area (Å²) >= 11 is 3.14. The van der Waals surface area contributed by atoms with Crippen LogP contribution in [0.2, 0.25) is 0 Å². The highest BCUT2D eigenvalue weighted by Gasteiger charge is 2.29. The molecule has 3 nitrogen and oxygen atoms in total. The van der Waals surface area contributed by atoms with E-state index in [1.807, 2.05) is 0 Å². The average Bonchev–Trinajstić information content (AvgIpc) is 2.39. The lowest BCUT2D eigenvalue weighted by atomic mass is 10.1. The Bertz CT molecular complexity index is 677. The molecule has 0 saturated carbocycles. The van der Waals surface area contributed by atoms with Gasteiger partial charge in [0.2, 0.25) is 0 Å². The van der Waals surface area contributed by atoms with Gasteiger partial charge in [0.15, 0.2) is 0 Å². The molecule has 0 unspecified atom stereocenters. The molecule has 2 rings (SSSR count). The molecular weight excluding hydrogens is 337 g/mol. The van der Waals surface area contributed by atoms with Gasteiger partial charge in [-0.2, -0.15) is 13.2 Å². The van der Waals surface area contributed by atoms with E-state index in [1.165, 1.54) is 23.0 Å². The Morgan fingerprint density at radius 2 is 1.85 bits per heavy atom. The molecule has 1 aromatic carbocycles. The van der Waals surface area contributed by atoms with Crippen molar-refractivity contribution in [2.24, 2.45) is 0 Å². The molecule has 0 fully saturated rings. The van der Waals surface area contributed by atoms with Crippen molar-refractivity contribution < 1.29 is 13.2 Å². The summed E-state index contributed by atoms with van der Waals surface area (Å²) in [5.41, 5.74) is 0.186. The van der Waals surface area contributed by atoms with E-state index in [0.29, 0.717) is 15.7 Å². The molecule has 0 radical (unpaired) electrons. The van der Waals surface area contributed by atoms with Crippen molar-refractivity contribution in [3.05, 3.63) is 62.2 Å². The third-order valence-electron chi connectivity index (χ3n) is 2.79. The van der Waals surface area contributed by atoms with Crippen LogP contribution in [0.3, 0.4) is 0 Å². The summed E-state index contributed by atoms with van der Waals surface area (Å²) in [5.74, 6) is 0. The van der Waals surface area contributed by atoms with Crippen LogP contribution in [0.25, 0.3) is 0 Å². The molecule has 106 valence electrons. The fourth-order valence-corrected chi connectivity index (χ4v) is 1.98. The molecule has 0 N–H and O–H groups in total. The number of halogens is 4. The highest BCUT2D eigenvalue weighted by Crippen LogP contribution is 2.29. The van der Waals surface area contributed by atoms with Gasteiger partial charge in [-0.25, -0.2) is 4.98 Å². The maximum Gasteiger partial charge on any atom is 0.416 e. The van der Waals surface area contributed by atoms with Gasteiger partial charge >= 0.3 is 6.18 Å². The van der Waals surface area contributed by atoms with E-state index in [1.54, 1.807) is 6.92 Å². The van der Waals surface area contributed by atoms with Gasteiger partial charge in [-0.1, -0.05) is 12.1 Å². The number of aromatic nitrogens is 2. The lowest BCUT2D eigenvalue weighted by Gasteiger charge is -2.09. The van der Waals surface area contributed by atoms with Gasteiger partial charge < -0.3 is 0 Å². The molecule has 0 atom stereocenters. The Morgan fingerprint density at radius 3 is 2.40 bits per heavy atom. The van der Waals surface area contributed by atoms with Gasteiger partial charge in [0, 0.05) is 0 Å². The first-order valence-corrected chi connectivity index (χ1v) is 6.46. The normalized spacial score (nSPS) is 11.7. The van der Waals surface area contributed by atoms with Crippen LogP contribution in [0, 0.1) is 6.92 Å². The SMILES string of the molecule is Cc1ncn(Cc2ccc(C(F)(F)F)cc2)c(=O)c1Br. The van der Waals surface area contributed by atoms with Gasteiger partial charge in [0.25, 0.3) is 5.56 Å². The molecule has 1 heterocycles. The first-order valence-electron chi connectivity index (χ1n) is 5.66. The summed E-state index contributed by atoms with van der Waals surface area (Å²) in [5, 5.41) is 0. The standard InChI is InChI=1S/C13H10BrF3N2O/c1-8-11(14)12(20)19(7-18-8)6-9-2-4-10(5-3-9)13(15,16)17/h2-5,7H,6H2,1H3. The van der Waals surface area contributed by atoms with E-state index in [0.717, 1.165) is 12.1 Å². The molecule has 0 amide bonds. The fourth-order valence-electron chi connectivity index (χ4n) is 1.65. The van der Waals surface area contributed by atoms with Gasteiger partial charge in [0.1, 0.15) is 4.47 Å². The summed E-state index contributed by atoms with van der Waals surface area (Å²) in [6.45, 7) is 1.86. The third kappa shape index (κ3) is 3.09. The smallest absolute Gasteiger partial charge is 0.294 e. The first-order chi connectivity index (χ1) is 9.29. The van der Waals surface area contributed by atoms with Crippen LogP contribution >= 0.6 is 15.9 Å². The number of nitrogens with zero attached hydrogens (tertiary/aromatic N) is 2. The first kappa shape index (κ1) is 14.8. The lowest BCUT2D eigenvalue weighted by molar-refractivity contribution is -0.137. The van der Waals surface area contributed by atoms with Crippen LogP contribution in [-0.4, -0.2) is 9.55 Å². The molecule has 0 saturated heterocycles. The molecule has 0 bridgehead atoms. The van der Waals surface area contributed by atoms with Crippen LogP contribution in [-0.2, 0) is 12.7 Å². The van der Waals surface area contributed by atoms with E-state index >= 15 is 0 Å². The number of aryl methyl sites for hydroxylation is 1. The molecular formula is C13H10BrF3N2O. The molecule has 20 heavy (non-hydrogen) atoms. The van der Waals surface area contributed by atoms with Crippen LogP contribution in [0.5, 0.6) is 0 Å². The van der Waals surface area contributed by atoms with E-state index < -0.39 is 11.7 Å². The summed E-state index contributed by atoms with van der Waals surface area (Å²) in [4.78, 5) is 15.9. The molecule has 0 spiro atoms. The number of alkyl halides is 3. The quantitative estimate of drug-likeness (QED) is 0.835. The Morgan fingerprint density at radius 1 is 1.25 bits per heavy atom. The zero-order chi connectivity index (χ0) is 14.9. The summed E-state index contributed by atoms with van der Waals surface area (Å²) in [6.07, 6.45) is -2.98. The largest absolute Gasteiger partial charge is 0.416 e. The Labute approximate surface area is 121 Å². The third-order valence-corrected chi connectivity index (χ3v) is 3.70. The minimum Gasteiger partial charge on any atom is -0.294 e. The minimum absolute atomic E-state index is 0.169. The predicted molar refractivity (Wildman–Crippen MR) is 71.5 cm³/mol. The Balaban J connectivity index is 2.28. The number of hydrogen-bond acceptors (Lipinski definition) is 2. The van der Waals surface area contributed by atoms with Crippen LogP contribution in [0.15, 0.2) is 39.9 Å². The number of hydrogen-bond donors (Lipinski definition) is 0. The second-order valence-electron chi connectivity index (χ2n) is 4.27. The van der Waals surface area contributed by atoms with Crippen LogP contribution in [0.1, 0.15) is 16.8 Å². The highest BCUT2D eigenvalue weighted by atomic mass is 79.9. The van der Waals surface area contributed by atoms with Crippen molar-refractivity contribution in [1.29, 1.82) is 0 Å². The second-order valence-corrected chi connectivity index (χ2v) is 5.06. The number of rotatable bonds is 2. The van der Waals surface area contributed by atoms with Crippen LogP contribution in [0.4, 0.5) is 13.2 Å². The van der Waals surface area contributed by atoms with Crippen molar-refractivity contribution in [2.75, 3.05) is 0 Å². The minimum atomic E-state index is -4.36. The topological polar surface area (TPSA) is 34.9 Å². The van der Waals surface area contributed by atoms with E-state index in [9.17, 15) is 18.0 Å². The van der Waals surface area contributed by atoms with Crippen molar-refractivity contribution >= 4 is 15.9 Å². The average molecular weight is 347 g/mol. The van der Waals surface area contributed by atoms with Gasteiger partial charge in [-0.15, -0.1) is 0 Å². The van der Waals surface area contributed by atoms with Crippen molar-refractivity contribution in [1.82, 2.24) is 9.55 Å². The van der Waals surface area contributed by atoms with Gasteiger partial charge in [-0.05, 0) is 40.5 Å². The molecule has 0 aliphatic heterocycles. The second kappa shape index (κ2) is 5.40. The van der Waals surface area contributed by atoms with Crippen LogP contribution < -0.4 is 5.56 Å². The molecule has 1 aromatic heterocycles. The van der Waals surface area contributed by atoms with Gasteiger partial charge in [-0.3, -0.25) is 9.36 Å². The molecule has 0 aliphatic rings. The predicted octanol–water partition coefficient (Wildman–Crippen LogP) is 3.38. The zero-order valence-corrected chi connectivity index (χ0v) is 12.0. The van der Waals surface area contributed by atoms with E-state index in [-0.39, 0.29) is 12.1 Å². The Kier molecular flexibility index (Phi) is 3.99. The van der Waals surface area contributed by atoms with Crippen molar-refractivity contribution in [3.63, 3.8) is 0 Å². The van der Waals surface area contributed by atoms with Crippen molar-refractivity contribution in [2.45, 2.75) is 19.6 Å². The summed E-state index contributed by atoms with van der Waals surface area (Å²) < 4.78 is 39.0. The summed E-state index contributed by atoms with van der Waals surface area (Å²) in [6, 6.07) is 4.69. The number of benzene rings is 1. The van der Waals surface area contributed by atoms with Gasteiger partial charge in [0.05, 0.1) is 24.1 Å². The maximum absolute atomic E-state index is 12.4. The fraction of sp³-hybridized carbons (Fsp3) is 0.231. The maximum atomic E-state index is 12.4. The lowest BCUT2D eigenvalue weighted by Crippen LogP contribution is -2.22. The van der Waals surface area contributed by atoms with E-state index in [4.69, 9.17) is 0 Å². The molecule has 2 aromatic rings. The zero-order valence-electron chi connectivity index (χ0n) is 10.4. The summed E-state index contributed by atoms with van der Waals surface area (Å²) in [7, 11) is 0. The van der Waals surface area contributed by atoms with E-state index in [2.05, 4.69) is 20.9 Å².